The third-order valence-corrected chi connectivity index (χ3v) is 3.93. The van der Waals surface area contributed by atoms with Crippen molar-refractivity contribution in [3.05, 3.63) is 27.2 Å². The van der Waals surface area contributed by atoms with E-state index in [1.165, 1.54) is 6.92 Å². The molecule has 0 aromatic heterocycles. The SMILES string of the molecule is CCOC(=O)c1c(Cl)c(Cl)cc2c1OB(O)[C@@H](NC(C)=O)C2. The minimum absolute atomic E-state index is 0.00374. The summed E-state index contributed by atoms with van der Waals surface area (Å²) in [5.41, 5.74) is 0.535. The highest BCUT2D eigenvalue weighted by molar-refractivity contribution is 6.48. The summed E-state index contributed by atoms with van der Waals surface area (Å²) >= 11 is 12.1. The predicted octanol–water partition coefficient (Wildman–Crippen LogP) is 1.63. The topological polar surface area (TPSA) is 84.9 Å². The van der Waals surface area contributed by atoms with Crippen molar-refractivity contribution in [3.63, 3.8) is 0 Å². The number of esters is 1. The molecule has 0 fully saturated rings. The zero-order valence-electron chi connectivity index (χ0n) is 12.0. The fraction of sp³-hybridized carbons (Fsp3) is 0.385. The van der Waals surface area contributed by atoms with E-state index in [9.17, 15) is 14.6 Å². The molecule has 1 atom stereocenters. The molecule has 0 saturated carbocycles. The van der Waals surface area contributed by atoms with Crippen LogP contribution in [-0.4, -0.2) is 36.6 Å². The second-order valence-corrected chi connectivity index (χ2v) is 5.56. The van der Waals surface area contributed by atoms with Gasteiger partial charge in [0.25, 0.3) is 0 Å². The molecule has 1 aromatic carbocycles. The van der Waals surface area contributed by atoms with Gasteiger partial charge in [0.2, 0.25) is 5.91 Å². The van der Waals surface area contributed by atoms with E-state index in [0.29, 0.717) is 5.56 Å². The average Bonchev–Trinajstić information content (AvgIpc) is 2.42. The minimum Gasteiger partial charge on any atom is -0.534 e. The van der Waals surface area contributed by atoms with Crippen LogP contribution in [0, 0.1) is 0 Å². The van der Waals surface area contributed by atoms with Gasteiger partial charge < -0.3 is 19.7 Å². The van der Waals surface area contributed by atoms with E-state index in [1.54, 1.807) is 13.0 Å². The molecule has 2 rings (SSSR count). The molecule has 1 heterocycles. The number of amides is 1. The van der Waals surface area contributed by atoms with Crippen molar-refractivity contribution >= 4 is 42.2 Å². The molecule has 1 aromatic rings. The van der Waals surface area contributed by atoms with Crippen LogP contribution >= 0.6 is 23.2 Å². The number of halogens is 2. The van der Waals surface area contributed by atoms with Crippen molar-refractivity contribution in [2.75, 3.05) is 6.61 Å². The molecular formula is C13H14BCl2NO5. The lowest BCUT2D eigenvalue weighted by atomic mass is 9.72. The molecule has 1 amide bonds. The molecule has 0 unspecified atom stereocenters. The number of carbonyl (C=O) groups excluding carboxylic acids is 2. The lowest BCUT2D eigenvalue weighted by molar-refractivity contribution is -0.119. The van der Waals surface area contributed by atoms with Crippen molar-refractivity contribution in [1.82, 2.24) is 5.32 Å². The fourth-order valence-corrected chi connectivity index (χ4v) is 2.70. The second-order valence-electron chi connectivity index (χ2n) is 4.78. The van der Waals surface area contributed by atoms with E-state index in [1.807, 2.05) is 0 Å². The first kappa shape index (κ1) is 16.9. The molecule has 0 bridgehead atoms. The van der Waals surface area contributed by atoms with Crippen LogP contribution in [0.2, 0.25) is 10.0 Å². The summed E-state index contributed by atoms with van der Waals surface area (Å²) < 4.78 is 10.3. The van der Waals surface area contributed by atoms with Gasteiger partial charge in [-0.15, -0.1) is 0 Å². The van der Waals surface area contributed by atoms with Crippen LogP contribution in [-0.2, 0) is 16.0 Å². The lowest BCUT2D eigenvalue weighted by Gasteiger charge is -2.29. The maximum absolute atomic E-state index is 12.1. The monoisotopic (exact) mass is 345 g/mol. The highest BCUT2D eigenvalue weighted by Gasteiger charge is 2.39. The lowest BCUT2D eigenvalue weighted by Crippen LogP contribution is -2.52. The minimum atomic E-state index is -1.30. The molecule has 0 aliphatic carbocycles. The van der Waals surface area contributed by atoms with Crippen molar-refractivity contribution in [2.24, 2.45) is 0 Å². The Kier molecular flexibility index (Phi) is 5.21. The second kappa shape index (κ2) is 6.77. The third kappa shape index (κ3) is 3.32. The summed E-state index contributed by atoms with van der Waals surface area (Å²) in [7, 11) is -1.30. The molecule has 6 nitrogen and oxygen atoms in total. The molecule has 0 spiro atoms. The van der Waals surface area contributed by atoms with Crippen molar-refractivity contribution in [3.8, 4) is 5.75 Å². The Labute approximate surface area is 137 Å². The Balaban J connectivity index is 2.46. The number of fused-ring (bicyclic) bond motifs is 1. The number of rotatable bonds is 3. The van der Waals surface area contributed by atoms with Gasteiger partial charge in [-0.2, -0.15) is 0 Å². The van der Waals surface area contributed by atoms with Crippen LogP contribution in [0.15, 0.2) is 6.07 Å². The molecule has 0 radical (unpaired) electrons. The van der Waals surface area contributed by atoms with Crippen LogP contribution in [0.1, 0.15) is 29.8 Å². The quantitative estimate of drug-likeness (QED) is 0.642. The number of ether oxygens (including phenoxy) is 1. The van der Waals surface area contributed by atoms with Gasteiger partial charge in [0, 0.05) is 6.92 Å². The Morgan fingerprint density at radius 2 is 2.23 bits per heavy atom. The first-order chi connectivity index (χ1) is 10.3. The zero-order valence-corrected chi connectivity index (χ0v) is 13.5. The predicted molar refractivity (Wildman–Crippen MR) is 82.3 cm³/mol. The van der Waals surface area contributed by atoms with Crippen LogP contribution in [0.5, 0.6) is 5.75 Å². The van der Waals surface area contributed by atoms with Gasteiger partial charge in [0.05, 0.1) is 22.6 Å². The molecule has 1 aliphatic heterocycles. The summed E-state index contributed by atoms with van der Waals surface area (Å²) in [5, 5.41) is 12.7. The Hall–Kier alpha value is -1.44. The van der Waals surface area contributed by atoms with Gasteiger partial charge in [-0.05, 0) is 25.0 Å². The number of hydrogen-bond acceptors (Lipinski definition) is 5. The van der Waals surface area contributed by atoms with Crippen LogP contribution in [0.4, 0.5) is 0 Å². The molecular weight excluding hydrogens is 332 g/mol. The first-order valence-electron chi connectivity index (χ1n) is 6.65. The van der Waals surface area contributed by atoms with Gasteiger partial charge in [-0.1, -0.05) is 23.2 Å². The summed E-state index contributed by atoms with van der Waals surface area (Å²) in [6.45, 7) is 3.15. The van der Waals surface area contributed by atoms with Crippen LogP contribution in [0.3, 0.4) is 0 Å². The van der Waals surface area contributed by atoms with E-state index in [2.05, 4.69) is 5.32 Å². The van der Waals surface area contributed by atoms with Crippen LogP contribution in [0.25, 0.3) is 0 Å². The molecule has 0 saturated heterocycles. The molecule has 1 aliphatic rings. The molecule has 118 valence electrons. The summed E-state index contributed by atoms with van der Waals surface area (Å²) in [6.07, 6.45) is 0.249. The third-order valence-electron chi connectivity index (χ3n) is 3.14. The maximum atomic E-state index is 12.1. The Morgan fingerprint density at radius 1 is 1.55 bits per heavy atom. The Morgan fingerprint density at radius 3 is 2.82 bits per heavy atom. The summed E-state index contributed by atoms with van der Waals surface area (Å²) in [4.78, 5) is 23.2. The normalized spacial score (nSPS) is 16.6. The van der Waals surface area contributed by atoms with Crippen molar-refractivity contribution in [1.29, 1.82) is 0 Å². The number of carbonyl (C=O) groups is 2. The fourth-order valence-electron chi connectivity index (χ4n) is 2.26. The number of hydrogen-bond donors (Lipinski definition) is 2. The molecule has 9 heteroatoms. The zero-order chi connectivity index (χ0) is 16.4. The maximum Gasteiger partial charge on any atom is 0.547 e. The van der Waals surface area contributed by atoms with E-state index in [-0.39, 0.29) is 40.3 Å². The molecule has 2 N–H and O–H groups in total. The average molecular weight is 346 g/mol. The van der Waals surface area contributed by atoms with E-state index in [4.69, 9.17) is 32.6 Å². The first-order valence-corrected chi connectivity index (χ1v) is 7.40. The highest BCUT2D eigenvalue weighted by Crippen LogP contribution is 2.39. The van der Waals surface area contributed by atoms with Gasteiger partial charge in [0.1, 0.15) is 11.3 Å². The van der Waals surface area contributed by atoms with E-state index < -0.39 is 19.0 Å². The van der Waals surface area contributed by atoms with Crippen molar-refractivity contribution in [2.45, 2.75) is 26.2 Å². The summed E-state index contributed by atoms with van der Waals surface area (Å²) in [6, 6.07) is 1.54. The standard InChI is InChI=1S/C13H14BCl2NO5/c1-3-21-13(19)10-11(16)8(15)4-7-5-9(17-6(2)18)14(20)22-12(7)10/h4,9,20H,3,5H2,1-2H3,(H,17,18)/t9-/m0/s1. The van der Waals surface area contributed by atoms with Gasteiger partial charge >= 0.3 is 13.1 Å². The van der Waals surface area contributed by atoms with Crippen LogP contribution < -0.4 is 9.97 Å². The molecule has 22 heavy (non-hydrogen) atoms. The Bertz CT molecular complexity index is 625. The highest BCUT2D eigenvalue weighted by atomic mass is 35.5. The smallest absolute Gasteiger partial charge is 0.534 e. The van der Waals surface area contributed by atoms with Gasteiger partial charge in [-0.25, -0.2) is 4.79 Å². The van der Waals surface area contributed by atoms with E-state index >= 15 is 0 Å². The summed E-state index contributed by atoms with van der Waals surface area (Å²) in [5.74, 6) is -1.50. The van der Waals surface area contributed by atoms with Gasteiger partial charge in [0.15, 0.2) is 0 Å². The van der Waals surface area contributed by atoms with E-state index in [0.717, 1.165) is 0 Å². The van der Waals surface area contributed by atoms with Gasteiger partial charge in [-0.3, -0.25) is 4.79 Å². The number of nitrogens with one attached hydrogen (secondary N) is 1. The largest absolute Gasteiger partial charge is 0.547 e. The van der Waals surface area contributed by atoms with Crippen molar-refractivity contribution < 1.29 is 24.0 Å². The number of benzene rings is 1.